The molecule has 0 radical (unpaired) electrons. The number of benzene rings is 3. The van der Waals surface area contributed by atoms with Gasteiger partial charge in [-0.1, -0.05) is 66.2 Å². The second-order valence-electron chi connectivity index (χ2n) is 7.64. The third kappa shape index (κ3) is 6.21. The highest BCUT2D eigenvalue weighted by Crippen LogP contribution is 2.30. The van der Waals surface area contributed by atoms with Gasteiger partial charge in [0.25, 0.3) is 5.91 Å². The zero-order chi connectivity index (χ0) is 23.9. The average Bonchev–Trinajstić information content (AvgIpc) is 3.34. The molecule has 4 rings (SSSR count). The predicted octanol–water partition coefficient (Wildman–Crippen LogP) is 5.48. The van der Waals surface area contributed by atoms with Crippen LogP contribution >= 0.6 is 22.9 Å². The molecule has 0 aliphatic rings. The van der Waals surface area contributed by atoms with E-state index in [1.807, 2.05) is 60.0 Å². The molecule has 172 valence electrons. The van der Waals surface area contributed by atoms with Crippen LogP contribution in [0.2, 0.25) is 5.02 Å². The highest BCUT2D eigenvalue weighted by Gasteiger charge is 2.15. The minimum atomic E-state index is -1.08. The second kappa shape index (κ2) is 11.0. The van der Waals surface area contributed by atoms with E-state index in [0.29, 0.717) is 23.7 Å². The molecule has 6 nitrogen and oxygen atoms in total. The molecule has 0 spiro atoms. The molecule has 0 aliphatic heterocycles. The van der Waals surface area contributed by atoms with Crippen molar-refractivity contribution in [2.45, 2.75) is 13.1 Å². The van der Waals surface area contributed by atoms with Crippen LogP contribution in [-0.2, 0) is 17.9 Å². The first-order chi connectivity index (χ1) is 16.5. The van der Waals surface area contributed by atoms with Crippen molar-refractivity contribution < 1.29 is 14.7 Å². The Bertz CT molecular complexity index is 1260. The molecule has 1 amide bonds. The van der Waals surface area contributed by atoms with Gasteiger partial charge >= 0.3 is 5.97 Å². The van der Waals surface area contributed by atoms with Crippen LogP contribution in [-0.4, -0.2) is 28.5 Å². The maximum atomic E-state index is 12.1. The standard InChI is InChI=1S/C26H22ClN3O3S/c27-22-12-10-20(11-13-22)23-17-34-26(29-23)30(15-18-4-2-1-3-5-18)16-19-6-8-21(9-7-19)25(33)28-14-24(31)32/h1-13,17H,14-16H2,(H,28,33)(H,31,32). The summed E-state index contributed by atoms with van der Waals surface area (Å²) in [6.45, 7) is 0.861. The van der Waals surface area contributed by atoms with Crippen molar-refractivity contribution >= 4 is 39.9 Å². The summed E-state index contributed by atoms with van der Waals surface area (Å²) < 4.78 is 0. The molecule has 3 aromatic carbocycles. The summed E-state index contributed by atoms with van der Waals surface area (Å²) in [6.07, 6.45) is 0. The van der Waals surface area contributed by atoms with Crippen LogP contribution in [0.5, 0.6) is 0 Å². The molecule has 0 atom stereocenters. The fraction of sp³-hybridized carbons (Fsp3) is 0.115. The first kappa shape index (κ1) is 23.5. The van der Waals surface area contributed by atoms with Gasteiger partial charge in [-0.15, -0.1) is 11.3 Å². The number of hydrogen-bond donors (Lipinski definition) is 2. The summed E-state index contributed by atoms with van der Waals surface area (Å²) >= 11 is 7.59. The molecule has 2 N–H and O–H groups in total. The maximum Gasteiger partial charge on any atom is 0.322 e. The number of anilines is 1. The van der Waals surface area contributed by atoms with Crippen molar-refractivity contribution in [2.75, 3.05) is 11.4 Å². The van der Waals surface area contributed by atoms with E-state index in [4.69, 9.17) is 21.7 Å². The van der Waals surface area contributed by atoms with Gasteiger partial charge in [0.2, 0.25) is 0 Å². The van der Waals surface area contributed by atoms with E-state index >= 15 is 0 Å². The number of carbonyl (C=O) groups excluding carboxylic acids is 1. The van der Waals surface area contributed by atoms with Crippen LogP contribution in [0.25, 0.3) is 11.3 Å². The van der Waals surface area contributed by atoms with Gasteiger partial charge < -0.3 is 15.3 Å². The van der Waals surface area contributed by atoms with E-state index in [0.717, 1.165) is 27.5 Å². The Labute approximate surface area is 206 Å². The van der Waals surface area contributed by atoms with Gasteiger partial charge in [-0.2, -0.15) is 0 Å². The van der Waals surface area contributed by atoms with Crippen molar-refractivity contribution in [3.8, 4) is 11.3 Å². The molecular formula is C26H22ClN3O3S. The Kier molecular flexibility index (Phi) is 7.57. The number of carboxylic acid groups (broad SMARTS) is 1. The lowest BCUT2D eigenvalue weighted by molar-refractivity contribution is -0.135. The number of aromatic nitrogens is 1. The van der Waals surface area contributed by atoms with Crippen LogP contribution in [0.4, 0.5) is 5.13 Å². The van der Waals surface area contributed by atoms with Crippen LogP contribution in [0, 0.1) is 0 Å². The average molecular weight is 492 g/mol. The first-order valence-electron chi connectivity index (χ1n) is 10.6. The van der Waals surface area contributed by atoms with Gasteiger partial charge in [0.05, 0.1) is 5.69 Å². The summed E-state index contributed by atoms with van der Waals surface area (Å²) in [5, 5.41) is 14.7. The van der Waals surface area contributed by atoms with Gasteiger partial charge in [-0.25, -0.2) is 4.98 Å². The third-order valence-corrected chi connectivity index (χ3v) is 6.26. The molecule has 0 fully saturated rings. The van der Waals surface area contributed by atoms with Gasteiger partial charge in [0, 0.05) is 34.6 Å². The van der Waals surface area contributed by atoms with E-state index in [2.05, 4.69) is 22.3 Å². The number of thiazole rings is 1. The Balaban J connectivity index is 1.54. The van der Waals surface area contributed by atoms with Crippen molar-refractivity contribution in [1.82, 2.24) is 10.3 Å². The van der Waals surface area contributed by atoms with Crippen LogP contribution in [0.15, 0.2) is 84.2 Å². The van der Waals surface area contributed by atoms with Crippen LogP contribution < -0.4 is 10.2 Å². The first-order valence-corrected chi connectivity index (χ1v) is 11.8. The summed E-state index contributed by atoms with van der Waals surface area (Å²) in [7, 11) is 0. The lowest BCUT2D eigenvalue weighted by atomic mass is 10.1. The fourth-order valence-corrected chi connectivity index (χ4v) is 4.36. The van der Waals surface area contributed by atoms with Gasteiger partial charge in [-0.05, 0) is 35.4 Å². The molecule has 0 bridgehead atoms. The van der Waals surface area contributed by atoms with Crippen molar-refractivity contribution in [1.29, 1.82) is 0 Å². The highest BCUT2D eigenvalue weighted by molar-refractivity contribution is 7.14. The number of nitrogens with zero attached hydrogens (tertiary/aromatic N) is 2. The van der Waals surface area contributed by atoms with Crippen molar-refractivity contribution in [2.24, 2.45) is 0 Å². The Morgan fingerprint density at radius 3 is 2.21 bits per heavy atom. The molecule has 0 unspecified atom stereocenters. The molecule has 1 heterocycles. The Morgan fingerprint density at radius 1 is 0.912 bits per heavy atom. The largest absolute Gasteiger partial charge is 0.480 e. The predicted molar refractivity (Wildman–Crippen MR) is 135 cm³/mol. The van der Waals surface area contributed by atoms with Crippen molar-refractivity contribution in [3.05, 3.63) is 106 Å². The van der Waals surface area contributed by atoms with E-state index < -0.39 is 18.4 Å². The highest BCUT2D eigenvalue weighted by atomic mass is 35.5. The Hall–Kier alpha value is -3.68. The summed E-state index contributed by atoms with van der Waals surface area (Å²) in [5.74, 6) is -1.49. The summed E-state index contributed by atoms with van der Waals surface area (Å²) in [4.78, 5) is 29.8. The number of hydrogen-bond acceptors (Lipinski definition) is 5. The smallest absolute Gasteiger partial charge is 0.322 e. The number of nitrogens with one attached hydrogen (secondary N) is 1. The minimum absolute atomic E-state index is 0.411. The molecule has 1 aromatic heterocycles. The number of carbonyl (C=O) groups is 2. The lowest BCUT2D eigenvalue weighted by Crippen LogP contribution is -2.29. The quantitative estimate of drug-likeness (QED) is 0.324. The Morgan fingerprint density at radius 2 is 1.56 bits per heavy atom. The number of rotatable bonds is 9. The number of halogens is 1. The molecule has 0 saturated heterocycles. The normalized spacial score (nSPS) is 10.6. The summed E-state index contributed by atoms with van der Waals surface area (Å²) in [6, 6.07) is 25.0. The SMILES string of the molecule is O=C(O)CNC(=O)c1ccc(CN(Cc2ccccc2)c2nc(-c3ccc(Cl)cc3)cs2)cc1. The molecule has 34 heavy (non-hydrogen) atoms. The second-order valence-corrected chi connectivity index (χ2v) is 8.91. The van der Waals surface area contributed by atoms with E-state index in [1.54, 1.807) is 23.5 Å². The number of amides is 1. The molecule has 0 aliphatic carbocycles. The summed E-state index contributed by atoms with van der Waals surface area (Å²) in [5.41, 5.74) is 4.48. The van der Waals surface area contributed by atoms with Gasteiger partial charge in [0.15, 0.2) is 5.13 Å². The van der Waals surface area contributed by atoms with E-state index in [-0.39, 0.29) is 0 Å². The molecule has 4 aromatic rings. The maximum absolute atomic E-state index is 12.1. The van der Waals surface area contributed by atoms with E-state index in [1.165, 1.54) is 0 Å². The number of carboxylic acids is 1. The zero-order valence-electron chi connectivity index (χ0n) is 18.1. The zero-order valence-corrected chi connectivity index (χ0v) is 19.7. The topological polar surface area (TPSA) is 82.5 Å². The molecule has 8 heteroatoms. The third-order valence-electron chi connectivity index (χ3n) is 5.11. The molecule has 0 saturated carbocycles. The van der Waals surface area contributed by atoms with Crippen molar-refractivity contribution in [3.63, 3.8) is 0 Å². The van der Waals surface area contributed by atoms with Crippen LogP contribution in [0.3, 0.4) is 0 Å². The van der Waals surface area contributed by atoms with E-state index in [9.17, 15) is 9.59 Å². The van der Waals surface area contributed by atoms with Gasteiger partial charge in [-0.3, -0.25) is 9.59 Å². The minimum Gasteiger partial charge on any atom is -0.480 e. The molecular weight excluding hydrogens is 470 g/mol. The fourth-order valence-electron chi connectivity index (χ4n) is 3.40. The van der Waals surface area contributed by atoms with Crippen LogP contribution in [0.1, 0.15) is 21.5 Å². The lowest BCUT2D eigenvalue weighted by Gasteiger charge is -2.22. The number of aliphatic carboxylic acids is 1. The van der Waals surface area contributed by atoms with Gasteiger partial charge in [0.1, 0.15) is 6.54 Å². The monoisotopic (exact) mass is 491 g/mol.